The molecule has 4 heteroatoms. The van der Waals surface area contributed by atoms with E-state index in [2.05, 4.69) is 66.1 Å². The summed E-state index contributed by atoms with van der Waals surface area (Å²) in [6.07, 6.45) is 5.53. The van der Waals surface area contributed by atoms with Crippen molar-refractivity contribution in [2.45, 2.75) is 63.1 Å². The SMILES string of the molecule is CC(NC(=O)CC1CC2CCC(C1)N2)C(c1ccccc1)c1ccccc1.Cl. The van der Waals surface area contributed by atoms with E-state index in [4.69, 9.17) is 0 Å². The molecule has 2 fully saturated rings. The van der Waals surface area contributed by atoms with Crippen molar-refractivity contribution in [3.8, 4) is 0 Å². The monoisotopic (exact) mass is 398 g/mol. The second-order valence-electron chi connectivity index (χ2n) is 8.33. The first-order chi connectivity index (χ1) is 13.2. The molecular formula is C24H31ClN2O. The molecule has 28 heavy (non-hydrogen) atoms. The average Bonchev–Trinajstić information content (AvgIpc) is 3.02. The molecule has 2 heterocycles. The number of carbonyl (C=O) groups is 1. The van der Waals surface area contributed by atoms with Gasteiger partial charge in [-0.05, 0) is 49.7 Å². The van der Waals surface area contributed by atoms with Crippen molar-refractivity contribution < 1.29 is 4.79 Å². The van der Waals surface area contributed by atoms with Crippen LogP contribution in [-0.2, 0) is 4.79 Å². The lowest BCUT2D eigenvalue weighted by Gasteiger charge is -2.30. The van der Waals surface area contributed by atoms with E-state index in [9.17, 15) is 4.79 Å². The van der Waals surface area contributed by atoms with Crippen molar-refractivity contribution in [2.24, 2.45) is 5.92 Å². The third-order valence-corrected chi connectivity index (χ3v) is 6.25. The van der Waals surface area contributed by atoms with Gasteiger partial charge in [0, 0.05) is 30.5 Å². The predicted octanol–water partition coefficient (Wildman–Crippen LogP) is 4.67. The van der Waals surface area contributed by atoms with E-state index in [-0.39, 0.29) is 30.3 Å². The Bertz CT molecular complexity index is 700. The molecule has 3 nitrogen and oxygen atoms in total. The van der Waals surface area contributed by atoms with E-state index >= 15 is 0 Å². The number of hydrogen-bond donors (Lipinski definition) is 2. The summed E-state index contributed by atoms with van der Waals surface area (Å²) in [6, 6.07) is 22.3. The van der Waals surface area contributed by atoms with Gasteiger partial charge < -0.3 is 10.6 Å². The van der Waals surface area contributed by atoms with Gasteiger partial charge in [-0.25, -0.2) is 0 Å². The van der Waals surface area contributed by atoms with Crippen molar-refractivity contribution in [1.29, 1.82) is 0 Å². The number of piperidine rings is 1. The fourth-order valence-corrected chi connectivity index (χ4v) is 5.09. The van der Waals surface area contributed by atoms with Crippen molar-refractivity contribution in [3.63, 3.8) is 0 Å². The van der Waals surface area contributed by atoms with Gasteiger partial charge in [0.25, 0.3) is 0 Å². The summed E-state index contributed by atoms with van der Waals surface area (Å²) < 4.78 is 0. The zero-order valence-corrected chi connectivity index (χ0v) is 17.3. The van der Waals surface area contributed by atoms with E-state index in [0.717, 1.165) is 12.8 Å². The highest BCUT2D eigenvalue weighted by Gasteiger charge is 2.34. The largest absolute Gasteiger partial charge is 0.353 e. The Morgan fingerprint density at radius 1 is 0.964 bits per heavy atom. The maximum absolute atomic E-state index is 12.8. The minimum Gasteiger partial charge on any atom is -0.353 e. The summed E-state index contributed by atoms with van der Waals surface area (Å²) in [5.41, 5.74) is 2.49. The Morgan fingerprint density at radius 2 is 1.46 bits per heavy atom. The molecule has 0 spiro atoms. The Labute approximate surface area is 174 Å². The number of carbonyl (C=O) groups excluding carboxylic acids is 1. The minimum absolute atomic E-state index is 0. The van der Waals surface area contributed by atoms with Gasteiger partial charge in [0.2, 0.25) is 5.91 Å². The van der Waals surface area contributed by atoms with Crippen molar-refractivity contribution >= 4 is 18.3 Å². The van der Waals surface area contributed by atoms with Crippen LogP contribution in [-0.4, -0.2) is 24.0 Å². The Balaban J connectivity index is 0.00000225. The molecule has 3 atom stereocenters. The maximum Gasteiger partial charge on any atom is 0.220 e. The molecular weight excluding hydrogens is 368 g/mol. The van der Waals surface area contributed by atoms with Crippen molar-refractivity contribution in [1.82, 2.24) is 10.6 Å². The fraction of sp³-hybridized carbons (Fsp3) is 0.458. The van der Waals surface area contributed by atoms with E-state index in [1.165, 1.54) is 24.0 Å². The molecule has 2 aromatic carbocycles. The van der Waals surface area contributed by atoms with Crippen molar-refractivity contribution in [2.75, 3.05) is 0 Å². The lowest BCUT2D eigenvalue weighted by atomic mass is 9.85. The zero-order chi connectivity index (χ0) is 18.6. The van der Waals surface area contributed by atoms with Gasteiger partial charge in [-0.15, -0.1) is 12.4 Å². The van der Waals surface area contributed by atoms with Crippen LogP contribution >= 0.6 is 12.4 Å². The molecule has 0 aliphatic carbocycles. The van der Waals surface area contributed by atoms with E-state index < -0.39 is 0 Å². The number of hydrogen-bond acceptors (Lipinski definition) is 2. The molecule has 1 amide bonds. The number of rotatable bonds is 6. The van der Waals surface area contributed by atoms with Crippen molar-refractivity contribution in [3.05, 3.63) is 71.8 Å². The summed E-state index contributed by atoms with van der Waals surface area (Å²) in [5.74, 6) is 0.897. The smallest absolute Gasteiger partial charge is 0.220 e. The first kappa shape index (κ1) is 20.9. The number of benzene rings is 2. The molecule has 2 N–H and O–H groups in total. The topological polar surface area (TPSA) is 41.1 Å². The van der Waals surface area contributed by atoms with Crippen LogP contribution in [0.3, 0.4) is 0 Å². The van der Waals surface area contributed by atoms with Crippen LogP contribution in [0, 0.1) is 5.92 Å². The van der Waals surface area contributed by atoms with Crippen LogP contribution in [0.15, 0.2) is 60.7 Å². The fourth-order valence-electron chi connectivity index (χ4n) is 5.09. The van der Waals surface area contributed by atoms with Gasteiger partial charge >= 0.3 is 0 Å². The van der Waals surface area contributed by atoms with Crippen LogP contribution < -0.4 is 10.6 Å². The predicted molar refractivity (Wildman–Crippen MR) is 117 cm³/mol. The van der Waals surface area contributed by atoms with E-state index in [0.29, 0.717) is 24.4 Å². The zero-order valence-electron chi connectivity index (χ0n) is 16.5. The van der Waals surface area contributed by atoms with Gasteiger partial charge in [-0.1, -0.05) is 60.7 Å². The number of fused-ring (bicyclic) bond motifs is 2. The van der Waals surface area contributed by atoms with Gasteiger partial charge in [-0.2, -0.15) is 0 Å². The number of amides is 1. The standard InChI is InChI=1S/C24H30N2O.ClH/c1-17(25-23(27)16-18-14-21-12-13-22(15-18)26-21)24(19-8-4-2-5-9-19)20-10-6-3-7-11-20;/h2-11,17-18,21-22,24,26H,12-16H2,1H3,(H,25,27);1H. The van der Waals surface area contributed by atoms with Gasteiger partial charge in [0.05, 0.1) is 0 Å². The van der Waals surface area contributed by atoms with Crippen LogP contribution in [0.2, 0.25) is 0 Å². The first-order valence-electron chi connectivity index (χ1n) is 10.3. The minimum atomic E-state index is 0. The van der Waals surface area contributed by atoms with Gasteiger partial charge in [0.15, 0.2) is 0 Å². The summed E-state index contributed by atoms with van der Waals surface area (Å²) in [5, 5.41) is 6.98. The molecule has 2 saturated heterocycles. The summed E-state index contributed by atoms with van der Waals surface area (Å²) in [4.78, 5) is 12.8. The van der Waals surface area contributed by atoms with Gasteiger partial charge in [-0.3, -0.25) is 4.79 Å². The third kappa shape index (κ3) is 4.95. The van der Waals surface area contributed by atoms with Crippen LogP contribution in [0.5, 0.6) is 0 Å². The third-order valence-electron chi connectivity index (χ3n) is 6.25. The molecule has 2 aliphatic rings. The summed E-state index contributed by atoms with van der Waals surface area (Å²) >= 11 is 0. The molecule has 150 valence electrons. The molecule has 2 aromatic rings. The molecule has 0 aromatic heterocycles. The van der Waals surface area contributed by atoms with Crippen LogP contribution in [0.25, 0.3) is 0 Å². The molecule has 2 bridgehead atoms. The quantitative estimate of drug-likeness (QED) is 0.742. The first-order valence-corrected chi connectivity index (χ1v) is 10.3. The maximum atomic E-state index is 12.8. The lowest BCUT2D eigenvalue weighted by molar-refractivity contribution is -0.123. The van der Waals surface area contributed by atoms with Crippen LogP contribution in [0.1, 0.15) is 56.1 Å². The highest BCUT2D eigenvalue weighted by atomic mass is 35.5. The highest BCUT2D eigenvalue weighted by Crippen LogP contribution is 2.33. The molecule has 0 radical (unpaired) electrons. The second-order valence-corrected chi connectivity index (χ2v) is 8.33. The molecule has 2 aliphatic heterocycles. The number of halogens is 1. The Kier molecular flexibility index (Phi) is 7.14. The average molecular weight is 399 g/mol. The summed E-state index contributed by atoms with van der Waals surface area (Å²) in [6.45, 7) is 2.13. The summed E-state index contributed by atoms with van der Waals surface area (Å²) in [7, 11) is 0. The lowest BCUT2D eigenvalue weighted by Crippen LogP contribution is -2.42. The number of nitrogens with one attached hydrogen (secondary N) is 2. The Morgan fingerprint density at radius 3 is 1.96 bits per heavy atom. The van der Waals surface area contributed by atoms with Crippen LogP contribution in [0.4, 0.5) is 0 Å². The highest BCUT2D eigenvalue weighted by molar-refractivity contribution is 5.85. The molecule has 0 saturated carbocycles. The Hall–Kier alpha value is -1.84. The second kappa shape index (κ2) is 9.58. The van der Waals surface area contributed by atoms with E-state index in [1.807, 2.05) is 12.1 Å². The molecule has 4 rings (SSSR count). The molecule has 3 unspecified atom stereocenters. The van der Waals surface area contributed by atoms with E-state index in [1.54, 1.807) is 0 Å². The van der Waals surface area contributed by atoms with Gasteiger partial charge in [0.1, 0.15) is 0 Å². The normalized spacial score (nSPS) is 24.4.